The second kappa shape index (κ2) is 8.14. The molecule has 0 spiro atoms. The Bertz CT molecular complexity index is 692. The maximum atomic E-state index is 11.9. The van der Waals surface area contributed by atoms with Crippen LogP contribution in [0.25, 0.3) is 0 Å². The lowest BCUT2D eigenvalue weighted by Crippen LogP contribution is -2.19. The maximum absolute atomic E-state index is 11.9. The van der Waals surface area contributed by atoms with Gasteiger partial charge in [-0.15, -0.1) is 0 Å². The lowest BCUT2D eigenvalue weighted by Gasteiger charge is -2.09. The van der Waals surface area contributed by atoms with Gasteiger partial charge in [0.15, 0.2) is 0 Å². The number of nitrogens with zero attached hydrogens (tertiary/aromatic N) is 2. The Kier molecular flexibility index (Phi) is 5.95. The summed E-state index contributed by atoms with van der Waals surface area (Å²) >= 11 is 0. The van der Waals surface area contributed by atoms with Crippen molar-refractivity contribution in [1.82, 2.24) is 9.78 Å². The first-order valence-corrected chi connectivity index (χ1v) is 7.77. The highest BCUT2D eigenvalue weighted by Crippen LogP contribution is 2.18. The van der Waals surface area contributed by atoms with Gasteiger partial charge in [0.25, 0.3) is 0 Å². The number of nitrogens with one attached hydrogen (secondary N) is 1. The molecule has 0 saturated carbocycles. The molecule has 0 aliphatic heterocycles. The summed E-state index contributed by atoms with van der Waals surface area (Å²) < 4.78 is 6.93. The van der Waals surface area contributed by atoms with E-state index in [-0.39, 0.29) is 25.5 Å². The molecule has 128 valence electrons. The number of hydrogen-bond acceptors (Lipinski definition) is 4. The fourth-order valence-corrected chi connectivity index (χ4v) is 2.11. The number of ether oxygens (including phenoxy) is 1. The van der Waals surface area contributed by atoms with Gasteiger partial charge in [-0.25, -0.2) is 0 Å². The minimum atomic E-state index is -0.493. The van der Waals surface area contributed by atoms with E-state index in [0.717, 1.165) is 5.75 Å². The highest BCUT2D eigenvalue weighted by molar-refractivity contribution is 5.90. The molecule has 2 amide bonds. The Morgan fingerprint density at radius 3 is 2.62 bits per heavy atom. The number of aromatic nitrogens is 2. The summed E-state index contributed by atoms with van der Waals surface area (Å²) in [5.74, 6) is 0.530. The highest BCUT2D eigenvalue weighted by Gasteiger charge is 2.06. The van der Waals surface area contributed by atoms with Crippen molar-refractivity contribution >= 4 is 17.5 Å². The van der Waals surface area contributed by atoms with Crippen LogP contribution in [0.4, 0.5) is 5.69 Å². The van der Waals surface area contributed by atoms with Gasteiger partial charge in [-0.3, -0.25) is 14.3 Å². The van der Waals surface area contributed by atoms with Crippen LogP contribution in [0.15, 0.2) is 36.7 Å². The third-order valence-corrected chi connectivity index (χ3v) is 3.38. The van der Waals surface area contributed by atoms with Crippen LogP contribution >= 0.6 is 0 Å². The molecule has 0 radical (unpaired) electrons. The number of carbonyl (C=O) groups excluding carboxylic acids is 2. The van der Waals surface area contributed by atoms with Crippen molar-refractivity contribution < 1.29 is 14.3 Å². The van der Waals surface area contributed by atoms with E-state index < -0.39 is 5.91 Å². The summed E-state index contributed by atoms with van der Waals surface area (Å²) in [6.07, 6.45) is 3.23. The molecular formula is C17H22N4O3. The van der Waals surface area contributed by atoms with E-state index in [4.69, 9.17) is 10.5 Å². The smallest absolute Gasteiger partial charge is 0.239 e. The summed E-state index contributed by atoms with van der Waals surface area (Å²) in [6, 6.07) is 7.85. The van der Waals surface area contributed by atoms with Crippen LogP contribution in [0.5, 0.6) is 5.75 Å². The second-order valence-corrected chi connectivity index (χ2v) is 5.76. The van der Waals surface area contributed by atoms with Gasteiger partial charge in [-0.05, 0) is 23.6 Å². The van der Waals surface area contributed by atoms with E-state index >= 15 is 0 Å². The number of primary amides is 1. The van der Waals surface area contributed by atoms with Crippen LogP contribution in [0.3, 0.4) is 0 Å². The molecule has 1 aromatic carbocycles. The molecule has 2 aromatic rings. The van der Waals surface area contributed by atoms with Crippen LogP contribution < -0.4 is 15.8 Å². The molecule has 1 heterocycles. The van der Waals surface area contributed by atoms with Crippen molar-refractivity contribution in [2.75, 3.05) is 11.9 Å². The largest absolute Gasteiger partial charge is 0.493 e. The van der Waals surface area contributed by atoms with Gasteiger partial charge in [0.1, 0.15) is 12.3 Å². The van der Waals surface area contributed by atoms with Crippen molar-refractivity contribution in [2.24, 2.45) is 5.73 Å². The highest BCUT2D eigenvalue weighted by atomic mass is 16.5. The minimum Gasteiger partial charge on any atom is -0.493 e. The predicted molar refractivity (Wildman–Crippen MR) is 90.7 cm³/mol. The van der Waals surface area contributed by atoms with Crippen molar-refractivity contribution in [3.63, 3.8) is 0 Å². The molecule has 1 aromatic heterocycles. The van der Waals surface area contributed by atoms with Gasteiger partial charge in [0.05, 0.1) is 24.9 Å². The zero-order valence-electron chi connectivity index (χ0n) is 13.9. The quantitative estimate of drug-likeness (QED) is 0.772. The topological polar surface area (TPSA) is 99.2 Å². The first-order chi connectivity index (χ1) is 11.4. The molecule has 2 rings (SSSR count). The Labute approximate surface area is 140 Å². The van der Waals surface area contributed by atoms with E-state index in [1.165, 1.54) is 16.4 Å². The van der Waals surface area contributed by atoms with Crippen LogP contribution in [0, 0.1) is 0 Å². The van der Waals surface area contributed by atoms with Crippen LogP contribution in [0.1, 0.15) is 31.7 Å². The number of amides is 2. The Hall–Kier alpha value is -2.83. The Morgan fingerprint density at radius 2 is 2.00 bits per heavy atom. The zero-order chi connectivity index (χ0) is 17.5. The third kappa shape index (κ3) is 5.42. The lowest BCUT2D eigenvalue weighted by molar-refractivity contribution is -0.119. The molecule has 0 aliphatic carbocycles. The summed E-state index contributed by atoms with van der Waals surface area (Å²) in [7, 11) is 0. The summed E-state index contributed by atoms with van der Waals surface area (Å²) in [4.78, 5) is 22.6. The van der Waals surface area contributed by atoms with E-state index in [0.29, 0.717) is 11.6 Å². The number of benzene rings is 1. The SMILES string of the molecule is CC(C)c1ccc(OCCC(=O)Nc2cnn(CC(N)=O)c2)cc1. The molecule has 0 aliphatic rings. The minimum absolute atomic E-state index is 0.0225. The summed E-state index contributed by atoms with van der Waals surface area (Å²) in [5, 5.41) is 6.62. The molecule has 24 heavy (non-hydrogen) atoms. The molecule has 0 atom stereocenters. The fourth-order valence-electron chi connectivity index (χ4n) is 2.11. The van der Waals surface area contributed by atoms with Crippen molar-refractivity contribution in [1.29, 1.82) is 0 Å². The second-order valence-electron chi connectivity index (χ2n) is 5.76. The van der Waals surface area contributed by atoms with Gasteiger partial charge < -0.3 is 15.8 Å². The third-order valence-electron chi connectivity index (χ3n) is 3.38. The first kappa shape index (κ1) is 17.5. The van der Waals surface area contributed by atoms with Gasteiger partial charge in [0, 0.05) is 6.20 Å². The molecular weight excluding hydrogens is 308 g/mol. The monoisotopic (exact) mass is 330 g/mol. The zero-order valence-corrected chi connectivity index (χ0v) is 13.9. The van der Waals surface area contributed by atoms with Gasteiger partial charge in [-0.2, -0.15) is 5.10 Å². The molecule has 7 heteroatoms. The van der Waals surface area contributed by atoms with E-state index in [1.54, 1.807) is 6.20 Å². The number of nitrogens with two attached hydrogens (primary N) is 1. The Morgan fingerprint density at radius 1 is 1.29 bits per heavy atom. The van der Waals surface area contributed by atoms with Crippen LogP contribution in [0.2, 0.25) is 0 Å². The fraction of sp³-hybridized carbons (Fsp3) is 0.353. The Balaban J connectivity index is 1.74. The predicted octanol–water partition coefficient (Wildman–Crippen LogP) is 1.90. The average molecular weight is 330 g/mol. The standard InChI is InChI=1S/C17H22N4O3/c1-12(2)13-3-5-15(6-4-13)24-8-7-17(23)20-14-9-19-21(10-14)11-16(18)22/h3-6,9-10,12H,7-8,11H2,1-2H3,(H2,18,22)(H,20,23). The molecule has 3 N–H and O–H groups in total. The molecule has 0 unspecified atom stereocenters. The maximum Gasteiger partial charge on any atom is 0.239 e. The normalized spacial score (nSPS) is 10.6. The first-order valence-electron chi connectivity index (χ1n) is 7.77. The van der Waals surface area contributed by atoms with Crippen LogP contribution in [-0.2, 0) is 16.1 Å². The molecule has 7 nitrogen and oxygen atoms in total. The van der Waals surface area contributed by atoms with Crippen molar-refractivity contribution in [3.8, 4) is 5.75 Å². The van der Waals surface area contributed by atoms with E-state index in [2.05, 4.69) is 24.3 Å². The van der Waals surface area contributed by atoms with E-state index in [9.17, 15) is 9.59 Å². The number of anilines is 1. The molecule has 0 saturated heterocycles. The van der Waals surface area contributed by atoms with Crippen LogP contribution in [-0.4, -0.2) is 28.2 Å². The van der Waals surface area contributed by atoms with Gasteiger partial charge in [-0.1, -0.05) is 26.0 Å². The van der Waals surface area contributed by atoms with Gasteiger partial charge in [0.2, 0.25) is 11.8 Å². The summed E-state index contributed by atoms with van der Waals surface area (Å²) in [6.45, 7) is 4.52. The number of hydrogen-bond donors (Lipinski definition) is 2. The van der Waals surface area contributed by atoms with Crippen molar-refractivity contribution in [2.45, 2.75) is 32.7 Å². The van der Waals surface area contributed by atoms with Gasteiger partial charge >= 0.3 is 0 Å². The number of rotatable bonds is 8. The molecule has 0 fully saturated rings. The van der Waals surface area contributed by atoms with E-state index in [1.807, 2.05) is 24.3 Å². The summed E-state index contributed by atoms with van der Waals surface area (Å²) in [5.41, 5.74) is 6.84. The lowest BCUT2D eigenvalue weighted by atomic mass is 10.0. The number of carbonyl (C=O) groups is 2. The molecule has 0 bridgehead atoms. The van der Waals surface area contributed by atoms with Crippen molar-refractivity contribution in [3.05, 3.63) is 42.2 Å². The average Bonchev–Trinajstić information content (AvgIpc) is 2.93.